The van der Waals surface area contributed by atoms with E-state index in [-0.39, 0.29) is 5.41 Å². The van der Waals surface area contributed by atoms with Gasteiger partial charge in [-0.15, -0.1) is 0 Å². The fraction of sp³-hybridized carbons (Fsp3) is 0.0526. The zero-order valence-corrected chi connectivity index (χ0v) is 33.1. The Hall–Kier alpha value is -7.42. The molecule has 2 heteroatoms. The van der Waals surface area contributed by atoms with Crippen LogP contribution in [0.15, 0.2) is 217 Å². The molecular weight excluding hydrogens is 715 g/mol. The van der Waals surface area contributed by atoms with E-state index in [1.165, 1.54) is 55.6 Å². The van der Waals surface area contributed by atoms with Crippen molar-refractivity contribution in [1.29, 1.82) is 0 Å². The molecule has 0 amide bonds. The van der Waals surface area contributed by atoms with E-state index in [4.69, 9.17) is 4.42 Å². The van der Waals surface area contributed by atoms with Crippen LogP contribution in [-0.4, -0.2) is 0 Å². The third kappa shape index (κ3) is 6.04. The van der Waals surface area contributed by atoms with Crippen LogP contribution in [0.25, 0.3) is 77.6 Å². The Morgan fingerprint density at radius 1 is 0.322 bits per heavy atom. The number of fused-ring (bicyclic) bond motifs is 6. The van der Waals surface area contributed by atoms with E-state index in [0.29, 0.717) is 0 Å². The van der Waals surface area contributed by atoms with E-state index in [2.05, 4.69) is 219 Å². The summed E-state index contributed by atoms with van der Waals surface area (Å²) in [6, 6.07) is 76.8. The summed E-state index contributed by atoms with van der Waals surface area (Å²) in [6.45, 7) is 4.71. The molecular formula is C57H41NO. The second kappa shape index (κ2) is 13.9. The maximum Gasteiger partial charge on any atom is 0.136 e. The van der Waals surface area contributed by atoms with E-state index in [9.17, 15) is 0 Å². The van der Waals surface area contributed by atoms with Gasteiger partial charge in [0.2, 0.25) is 0 Å². The van der Waals surface area contributed by atoms with Gasteiger partial charge in [0.25, 0.3) is 0 Å². The topological polar surface area (TPSA) is 16.4 Å². The largest absolute Gasteiger partial charge is 0.456 e. The lowest BCUT2D eigenvalue weighted by molar-refractivity contribution is 0.660. The van der Waals surface area contributed by atoms with Crippen molar-refractivity contribution < 1.29 is 4.42 Å². The molecule has 0 atom stereocenters. The minimum absolute atomic E-state index is 0.0792. The van der Waals surface area contributed by atoms with Crippen molar-refractivity contribution in [2.24, 2.45) is 0 Å². The van der Waals surface area contributed by atoms with E-state index in [0.717, 1.165) is 50.1 Å². The van der Waals surface area contributed by atoms with Crippen LogP contribution in [0.1, 0.15) is 25.0 Å². The average Bonchev–Trinajstić information content (AvgIpc) is 3.78. The molecule has 0 bridgehead atoms. The predicted molar refractivity (Wildman–Crippen MR) is 248 cm³/mol. The number of rotatable bonds is 7. The maximum absolute atomic E-state index is 6.23. The number of hydrogen-bond donors (Lipinski definition) is 0. The molecule has 0 N–H and O–H groups in total. The van der Waals surface area contributed by atoms with Gasteiger partial charge in [0, 0.05) is 33.2 Å². The second-order valence-electron chi connectivity index (χ2n) is 16.2. The second-order valence-corrected chi connectivity index (χ2v) is 16.2. The summed E-state index contributed by atoms with van der Waals surface area (Å²) in [7, 11) is 0. The maximum atomic E-state index is 6.23. The van der Waals surface area contributed by atoms with Gasteiger partial charge in [0.15, 0.2) is 0 Å². The van der Waals surface area contributed by atoms with Crippen LogP contribution in [0.5, 0.6) is 0 Å². The summed E-state index contributed by atoms with van der Waals surface area (Å²) < 4.78 is 6.23. The number of hydrogen-bond acceptors (Lipinski definition) is 2. The lowest BCUT2D eigenvalue weighted by Gasteiger charge is -2.26. The number of furan rings is 1. The summed E-state index contributed by atoms with van der Waals surface area (Å²) in [6.07, 6.45) is 0. The lowest BCUT2D eigenvalue weighted by atomic mass is 9.81. The molecule has 2 nitrogen and oxygen atoms in total. The minimum atomic E-state index is -0.0792. The summed E-state index contributed by atoms with van der Waals surface area (Å²) >= 11 is 0. The highest BCUT2D eigenvalue weighted by atomic mass is 16.3. The van der Waals surface area contributed by atoms with Crippen molar-refractivity contribution in [1.82, 2.24) is 0 Å². The molecule has 0 aliphatic heterocycles. The summed E-state index contributed by atoms with van der Waals surface area (Å²) in [5, 5.41) is 2.29. The van der Waals surface area contributed by atoms with E-state index < -0.39 is 0 Å². The molecule has 0 radical (unpaired) electrons. The first-order chi connectivity index (χ1) is 29.0. The number of nitrogens with zero attached hydrogens (tertiary/aromatic N) is 1. The molecule has 0 saturated heterocycles. The first-order valence-electron chi connectivity index (χ1n) is 20.4. The van der Waals surface area contributed by atoms with Crippen LogP contribution in [0.3, 0.4) is 0 Å². The fourth-order valence-electron chi connectivity index (χ4n) is 9.14. The average molecular weight is 756 g/mol. The van der Waals surface area contributed by atoms with Crippen LogP contribution >= 0.6 is 0 Å². The molecule has 11 rings (SSSR count). The Balaban J connectivity index is 0.938. The first-order valence-corrected chi connectivity index (χ1v) is 20.4. The van der Waals surface area contributed by atoms with Crippen molar-refractivity contribution in [2.45, 2.75) is 19.3 Å². The van der Waals surface area contributed by atoms with Gasteiger partial charge in [-0.25, -0.2) is 0 Å². The monoisotopic (exact) mass is 755 g/mol. The van der Waals surface area contributed by atoms with Gasteiger partial charge < -0.3 is 9.32 Å². The number of anilines is 3. The molecule has 0 fully saturated rings. The molecule has 59 heavy (non-hydrogen) atoms. The number of para-hydroxylation sites is 1. The molecule has 1 aliphatic carbocycles. The van der Waals surface area contributed by atoms with Gasteiger partial charge in [-0.1, -0.05) is 159 Å². The Bertz CT molecular complexity index is 3140. The SMILES string of the molecule is CC1(C)c2ccc(-c3ccc(N(c4ccc(-c5ccccc5)cc4)c4ccc(-c5ccc6c(c5)oc5ccccc56)cc4)cc3)cc2-c2ccc(-c3ccccc3)cc21. The van der Waals surface area contributed by atoms with Crippen molar-refractivity contribution in [2.75, 3.05) is 4.90 Å². The Morgan fingerprint density at radius 3 is 1.39 bits per heavy atom. The molecule has 0 unspecified atom stereocenters. The molecule has 280 valence electrons. The smallest absolute Gasteiger partial charge is 0.136 e. The van der Waals surface area contributed by atoms with Gasteiger partial charge >= 0.3 is 0 Å². The number of benzene rings is 9. The molecule has 9 aromatic carbocycles. The van der Waals surface area contributed by atoms with Gasteiger partial charge in [-0.05, 0) is 133 Å². The lowest BCUT2D eigenvalue weighted by Crippen LogP contribution is -2.15. The molecule has 1 aromatic heterocycles. The zero-order chi connectivity index (χ0) is 39.5. The molecule has 0 spiro atoms. The third-order valence-corrected chi connectivity index (χ3v) is 12.3. The van der Waals surface area contributed by atoms with Gasteiger partial charge in [-0.2, -0.15) is 0 Å². The van der Waals surface area contributed by atoms with Crippen LogP contribution in [0.4, 0.5) is 17.1 Å². The zero-order valence-electron chi connectivity index (χ0n) is 33.1. The Morgan fingerprint density at radius 2 is 0.763 bits per heavy atom. The fourth-order valence-corrected chi connectivity index (χ4v) is 9.14. The summed E-state index contributed by atoms with van der Waals surface area (Å²) in [4.78, 5) is 2.34. The van der Waals surface area contributed by atoms with Crippen molar-refractivity contribution in [3.63, 3.8) is 0 Å². The van der Waals surface area contributed by atoms with Crippen molar-refractivity contribution >= 4 is 39.0 Å². The highest BCUT2D eigenvalue weighted by Crippen LogP contribution is 2.51. The molecule has 10 aromatic rings. The van der Waals surface area contributed by atoms with E-state index in [1.54, 1.807) is 0 Å². The minimum Gasteiger partial charge on any atom is -0.456 e. The molecule has 1 heterocycles. The summed E-state index contributed by atoms with van der Waals surface area (Å²) in [5.74, 6) is 0. The highest BCUT2D eigenvalue weighted by molar-refractivity contribution is 6.06. The van der Waals surface area contributed by atoms with Crippen LogP contribution < -0.4 is 4.90 Å². The normalized spacial score (nSPS) is 12.7. The predicted octanol–water partition coefficient (Wildman–Crippen LogP) is 16.0. The third-order valence-electron chi connectivity index (χ3n) is 12.3. The van der Waals surface area contributed by atoms with Crippen LogP contribution in [0, 0.1) is 0 Å². The van der Waals surface area contributed by atoms with E-state index in [1.807, 2.05) is 12.1 Å². The Labute approximate surface area is 345 Å². The van der Waals surface area contributed by atoms with Crippen LogP contribution in [0.2, 0.25) is 0 Å². The van der Waals surface area contributed by atoms with Gasteiger partial charge in [0.1, 0.15) is 11.2 Å². The first kappa shape index (κ1) is 34.8. The van der Waals surface area contributed by atoms with Crippen molar-refractivity contribution in [3.8, 4) is 55.6 Å². The highest BCUT2D eigenvalue weighted by Gasteiger charge is 2.35. The van der Waals surface area contributed by atoms with Crippen LogP contribution in [-0.2, 0) is 5.41 Å². The van der Waals surface area contributed by atoms with Gasteiger partial charge in [0.05, 0.1) is 0 Å². The molecule has 0 saturated carbocycles. The van der Waals surface area contributed by atoms with E-state index >= 15 is 0 Å². The standard InChI is InChI=1S/C57H41NO/c1-57(2)53-34-25-43(35-52(53)49-32-23-44(36-54(49)57)39-13-7-4-8-14-39)41-19-28-47(29-20-41)58(46-26-17-40(18-27-46)38-11-5-3-6-12-38)48-30-21-42(22-31-48)45-24-33-51-50-15-9-10-16-55(50)59-56(51)37-45/h3-37H,1-2H3. The molecule has 1 aliphatic rings. The van der Waals surface area contributed by atoms with Gasteiger partial charge in [-0.3, -0.25) is 0 Å². The van der Waals surface area contributed by atoms with Crippen molar-refractivity contribution in [3.05, 3.63) is 223 Å². The summed E-state index contributed by atoms with van der Waals surface area (Å²) in [5.41, 5.74) is 20.0. The quantitative estimate of drug-likeness (QED) is 0.161. The Kier molecular flexibility index (Phi) is 8.20.